The first-order valence-corrected chi connectivity index (χ1v) is 8.09. The van der Waals surface area contributed by atoms with Crippen LogP contribution in [0.4, 0.5) is 5.69 Å². The molecule has 2 aromatic rings. The average Bonchev–Trinajstić information content (AvgIpc) is 3.30. The van der Waals surface area contributed by atoms with Gasteiger partial charge in [-0.3, -0.25) is 19.3 Å². The summed E-state index contributed by atoms with van der Waals surface area (Å²) in [6.07, 6.45) is 8.28. The Kier molecular flexibility index (Phi) is 3.37. The molecular weight excluding hydrogens is 306 g/mol. The molecule has 1 unspecified atom stereocenters. The first-order valence-electron chi connectivity index (χ1n) is 8.09. The lowest BCUT2D eigenvalue weighted by Gasteiger charge is -2.23. The number of anilines is 1. The predicted octanol–water partition coefficient (Wildman–Crippen LogP) is 1.08. The second-order valence-electron chi connectivity index (χ2n) is 6.58. The van der Waals surface area contributed by atoms with Gasteiger partial charge in [0.15, 0.2) is 0 Å². The zero-order valence-electron chi connectivity index (χ0n) is 13.6. The fourth-order valence-electron chi connectivity index (χ4n) is 3.71. The van der Waals surface area contributed by atoms with E-state index in [2.05, 4.69) is 10.1 Å². The monoisotopic (exact) mass is 325 g/mol. The van der Waals surface area contributed by atoms with Crippen molar-refractivity contribution in [1.82, 2.24) is 19.7 Å². The molecule has 2 saturated heterocycles. The van der Waals surface area contributed by atoms with E-state index in [1.165, 1.54) is 0 Å². The Morgan fingerprint density at radius 2 is 2.08 bits per heavy atom. The van der Waals surface area contributed by atoms with Gasteiger partial charge in [0.2, 0.25) is 5.91 Å². The highest BCUT2D eigenvalue weighted by Crippen LogP contribution is 2.42. The van der Waals surface area contributed by atoms with Gasteiger partial charge >= 0.3 is 0 Å². The van der Waals surface area contributed by atoms with Crippen LogP contribution in [-0.4, -0.2) is 51.1 Å². The molecule has 1 spiro atoms. The lowest BCUT2D eigenvalue weighted by Crippen LogP contribution is -2.38. The van der Waals surface area contributed by atoms with E-state index >= 15 is 0 Å². The first-order chi connectivity index (χ1) is 11.6. The number of aromatic nitrogens is 3. The Bertz CT molecular complexity index is 787. The van der Waals surface area contributed by atoms with Crippen molar-refractivity contribution in [1.29, 1.82) is 0 Å². The molecule has 0 bridgehead atoms. The smallest absolute Gasteiger partial charge is 0.255 e. The third-order valence-corrected chi connectivity index (χ3v) is 5.07. The molecule has 4 heterocycles. The number of carbonyl (C=O) groups is 2. The Labute approximate surface area is 139 Å². The van der Waals surface area contributed by atoms with Gasteiger partial charge in [-0.25, -0.2) is 0 Å². The van der Waals surface area contributed by atoms with Gasteiger partial charge in [0.25, 0.3) is 5.91 Å². The van der Waals surface area contributed by atoms with Crippen molar-refractivity contribution in [3.05, 3.63) is 42.5 Å². The van der Waals surface area contributed by atoms with Gasteiger partial charge in [0.05, 0.1) is 22.9 Å². The quantitative estimate of drug-likeness (QED) is 0.828. The Morgan fingerprint density at radius 3 is 2.79 bits per heavy atom. The van der Waals surface area contributed by atoms with Crippen molar-refractivity contribution in [3.63, 3.8) is 0 Å². The topological polar surface area (TPSA) is 71.3 Å². The average molecular weight is 325 g/mol. The number of likely N-dealkylation sites (tertiary alicyclic amines) is 1. The molecule has 0 saturated carbocycles. The Morgan fingerprint density at radius 1 is 1.25 bits per heavy atom. The largest absolute Gasteiger partial charge is 0.337 e. The van der Waals surface area contributed by atoms with E-state index in [0.29, 0.717) is 31.6 Å². The maximum Gasteiger partial charge on any atom is 0.255 e. The molecule has 2 amide bonds. The van der Waals surface area contributed by atoms with Gasteiger partial charge < -0.3 is 9.80 Å². The summed E-state index contributed by atoms with van der Waals surface area (Å²) in [5, 5.41) is 4.14. The number of aryl methyl sites for hydroxylation is 1. The van der Waals surface area contributed by atoms with E-state index in [1.807, 2.05) is 13.2 Å². The summed E-state index contributed by atoms with van der Waals surface area (Å²) in [5.74, 6) is 0.0598. The Hall–Kier alpha value is -2.70. The van der Waals surface area contributed by atoms with Crippen LogP contribution in [0.5, 0.6) is 0 Å². The van der Waals surface area contributed by atoms with Crippen molar-refractivity contribution >= 4 is 17.5 Å². The van der Waals surface area contributed by atoms with Crippen LogP contribution in [0.25, 0.3) is 0 Å². The molecule has 2 fully saturated rings. The zero-order chi connectivity index (χ0) is 16.7. The predicted molar refractivity (Wildman–Crippen MR) is 87.4 cm³/mol. The molecule has 0 aromatic carbocycles. The molecule has 7 nitrogen and oxygen atoms in total. The normalized spacial score (nSPS) is 23.5. The number of hydrogen-bond acceptors (Lipinski definition) is 4. The summed E-state index contributed by atoms with van der Waals surface area (Å²) in [7, 11) is 1.84. The van der Waals surface area contributed by atoms with Crippen molar-refractivity contribution in [3.8, 4) is 0 Å². The third kappa shape index (κ3) is 2.28. The van der Waals surface area contributed by atoms with Crippen LogP contribution < -0.4 is 4.90 Å². The van der Waals surface area contributed by atoms with Gasteiger partial charge in [-0.2, -0.15) is 5.10 Å². The zero-order valence-corrected chi connectivity index (χ0v) is 13.6. The molecule has 0 radical (unpaired) electrons. The molecule has 4 rings (SSSR count). The molecule has 0 N–H and O–H groups in total. The Balaban J connectivity index is 1.52. The summed E-state index contributed by atoms with van der Waals surface area (Å²) in [6.45, 7) is 1.77. The second kappa shape index (κ2) is 5.43. The number of hydrogen-bond donors (Lipinski definition) is 0. The van der Waals surface area contributed by atoms with Crippen LogP contribution in [0.1, 0.15) is 23.2 Å². The summed E-state index contributed by atoms with van der Waals surface area (Å²) >= 11 is 0. The number of amides is 2. The van der Waals surface area contributed by atoms with E-state index in [-0.39, 0.29) is 11.8 Å². The molecule has 0 aliphatic carbocycles. The minimum absolute atomic E-state index is 0.0485. The van der Waals surface area contributed by atoms with E-state index in [1.54, 1.807) is 45.2 Å². The highest BCUT2D eigenvalue weighted by Gasteiger charge is 2.52. The van der Waals surface area contributed by atoms with Crippen molar-refractivity contribution < 1.29 is 9.59 Å². The van der Waals surface area contributed by atoms with Crippen LogP contribution in [0.2, 0.25) is 0 Å². The molecule has 24 heavy (non-hydrogen) atoms. The summed E-state index contributed by atoms with van der Waals surface area (Å²) in [6, 6.07) is 3.52. The van der Waals surface area contributed by atoms with Crippen LogP contribution >= 0.6 is 0 Å². The minimum atomic E-state index is -0.451. The molecule has 2 aromatic heterocycles. The number of carbonyl (C=O) groups excluding carboxylic acids is 2. The molecule has 7 heteroatoms. The standard InChI is InChI=1S/C17H19N5O2/c1-20-11-14(10-19-20)22-8-5-17(16(22)24)4-7-21(12-17)15(23)13-3-2-6-18-9-13/h2-3,6,9-11H,4-5,7-8,12H2,1H3. The summed E-state index contributed by atoms with van der Waals surface area (Å²) in [5.41, 5.74) is 0.953. The second-order valence-corrected chi connectivity index (χ2v) is 6.58. The SMILES string of the molecule is Cn1cc(N2CCC3(CCN(C(=O)c4cccnc4)C3)C2=O)cn1. The van der Waals surface area contributed by atoms with Crippen LogP contribution in [0.3, 0.4) is 0 Å². The van der Waals surface area contributed by atoms with Crippen molar-refractivity contribution in [2.45, 2.75) is 12.8 Å². The maximum atomic E-state index is 13.0. The van der Waals surface area contributed by atoms with Crippen LogP contribution in [0.15, 0.2) is 36.9 Å². The number of pyridine rings is 1. The van der Waals surface area contributed by atoms with Gasteiger partial charge in [-0.05, 0) is 25.0 Å². The van der Waals surface area contributed by atoms with Gasteiger partial charge in [0, 0.05) is 45.3 Å². The highest BCUT2D eigenvalue weighted by molar-refractivity contribution is 6.01. The highest BCUT2D eigenvalue weighted by atomic mass is 16.2. The fraction of sp³-hybridized carbons (Fsp3) is 0.412. The van der Waals surface area contributed by atoms with Crippen molar-refractivity contribution in [2.75, 3.05) is 24.5 Å². The van der Waals surface area contributed by atoms with E-state index in [9.17, 15) is 9.59 Å². The first kappa shape index (κ1) is 14.9. The molecular formula is C17H19N5O2. The van der Waals surface area contributed by atoms with Gasteiger partial charge in [0.1, 0.15) is 0 Å². The maximum absolute atomic E-state index is 13.0. The molecule has 124 valence electrons. The number of rotatable bonds is 2. The van der Waals surface area contributed by atoms with Gasteiger partial charge in [-0.1, -0.05) is 0 Å². The molecule has 1 atom stereocenters. The lowest BCUT2D eigenvalue weighted by molar-refractivity contribution is -0.124. The minimum Gasteiger partial charge on any atom is -0.337 e. The van der Waals surface area contributed by atoms with Crippen molar-refractivity contribution in [2.24, 2.45) is 12.5 Å². The lowest BCUT2D eigenvalue weighted by atomic mass is 9.85. The summed E-state index contributed by atoms with van der Waals surface area (Å²) < 4.78 is 1.69. The van der Waals surface area contributed by atoms with E-state index < -0.39 is 5.41 Å². The summed E-state index contributed by atoms with van der Waals surface area (Å²) in [4.78, 5) is 33.2. The number of nitrogens with zero attached hydrogens (tertiary/aromatic N) is 5. The van der Waals surface area contributed by atoms with E-state index in [4.69, 9.17) is 0 Å². The van der Waals surface area contributed by atoms with E-state index in [0.717, 1.165) is 12.1 Å². The van der Waals surface area contributed by atoms with Crippen LogP contribution in [-0.2, 0) is 11.8 Å². The molecule has 2 aliphatic rings. The van der Waals surface area contributed by atoms with Gasteiger partial charge in [-0.15, -0.1) is 0 Å². The van der Waals surface area contributed by atoms with Crippen LogP contribution in [0, 0.1) is 5.41 Å². The fourth-order valence-corrected chi connectivity index (χ4v) is 3.71. The molecule has 2 aliphatic heterocycles. The third-order valence-electron chi connectivity index (χ3n) is 5.07.